The van der Waals surface area contributed by atoms with E-state index in [1.807, 2.05) is 12.1 Å². The number of benzene rings is 1. The maximum absolute atomic E-state index is 13.7. The van der Waals surface area contributed by atoms with E-state index in [0.29, 0.717) is 12.6 Å². The van der Waals surface area contributed by atoms with E-state index in [4.69, 9.17) is 0 Å². The molecule has 1 aromatic rings. The highest BCUT2D eigenvalue weighted by Crippen LogP contribution is 2.16. The van der Waals surface area contributed by atoms with Crippen LogP contribution >= 0.6 is 15.9 Å². The lowest BCUT2D eigenvalue weighted by atomic mass is 10.0. The highest BCUT2D eigenvalue weighted by atomic mass is 79.9. The summed E-state index contributed by atoms with van der Waals surface area (Å²) in [6.45, 7) is 9.81. The van der Waals surface area contributed by atoms with Gasteiger partial charge in [0.15, 0.2) is 0 Å². The first-order valence-electron chi connectivity index (χ1n) is 7.08. The molecule has 1 N–H and O–H groups in total. The Bertz CT molecular complexity index is 468. The number of rotatable bonds is 5. The number of likely N-dealkylation sites (tertiary alicyclic amines) is 1. The van der Waals surface area contributed by atoms with E-state index < -0.39 is 0 Å². The minimum Gasteiger partial charge on any atom is -0.310 e. The smallest absolute Gasteiger partial charge is 0.128 e. The Labute approximate surface area is 129 Å². The van der Waals surface area contributed by atoms with Gasteiger partial charge in [-0.1, -0.05) is 34.1 Å². The van der Waals surface area contributed by atoms with Crippen molar-refractivity contribution in [1.29, 1.82) is 0 Å². The summed E-state index contributed by atoms with van der Waals surface area (Å²) in [5.41, 5.74) is 1.95. The second-order valence-corrected chi connectivity index (χ2v) is 6.54. The first kappa shape index (κ1) is 15.7. The van der Waals surface area contributed by atoms with Crippen molar-refractivity contribution in [2.24, 2.45) is 0 Å². The molecule has 0 aromatic heterocycles. The molecule has 0 amide bonds. The Hall–Kier alpha value is -0.710. The minimum absolute atomic E-state index is 0.147. The highest BCUT2D eigenvalue weighted by Gasteiger charge is 2.18. The molecule has 2 rings (SSSR count). The third-order valence-corrected chi connectivity index (χ3v) is 4.17. The molecular formula is C16H22BrFN2. The van der Waals surface area contributed by atoms with Gasteiger partial charge in [0, 0.05) is 29.2 Å². The van der Waals surface area contributed by atoms with Gasteiger partial charge in [0.2, 0.25) is 0 Å². The Kier molecular flexibility index (Phi) is 5.75. The Morgan fingerprint density at radius 3 is 2.75 bits per heavy atom. The summed E-state index contributed by atoms with van der Waals surface area (Å²) in [5.74, 6) is -0.147. The van der Waals surface area contributed by atoms with Crippen molar-refractivity contribution in [3.63, 3.8) is 0 Å². The summed E-state index contributed by atoms with van der Waals surface area (Å²) in [6, 6.07) is 5.73. The van der Waals surface area contributed by atoms with Crippen LogP contribution in [0.1, 0.15) is 25.3 Å². The molecule has 0 unspecified atom stereocenters. The lowest BCUT2D eigenvalue weighted by Gasteiger charge is -2.32. The Morgan fingerprint density at radius 2 is 2.15 bits per heavy atom. The number of hydrogen-bond acceptors (Lipinski definition) is 2. The number of hydrogen-bond donors (Lipinski definition) is 1. The van der Waals surface area contributed by atoms with Crippen LogP contribution in [-0.4, -0.2) is 30.6 Å². The van der Waals surface area contributed by atoms with Crippen molar-refractivity contribution in [3.05, 3.63) is 46.2 Å². The van der Waals surface area contributed by atoms with Crippen molar-refractivity contribution < 1.29 is 4.39 Å². The number of nitrogens with zero attached hydrogens (tertiary/aromatic N) is 1. The van der Waals surface area contributed by atoms with Gasteiger partial charge < -0.3 is 5.32 Å². The van der Waals surface area contributed by atoms with Crippen LogP contribution in [0.3, 0.4) is 0 Å². The van der Waals surface area contributed by atoms with Crippen molar-refractivity contribution in [2.45, 2.75) is 32.4 Å². The van der Waals surface area contributed by atoms with E-state index in [1.54, 1.807) is 0 Å². The standard InChI is InChI=1S/C16H22BrFN2/c1-12(2)11-20-7-5-15(6-8-20)19-10-13-3-4-14(17)9-16(13)18/h3-4,9,15,19H,1,5-8,10-11H2,2H3. The molecule has 1 fully saturated rings. The number of piperidine rings is 1. The predicted molar refractivity (Wildman–Crippen MR) is 85.2 cm³/mol. The molecule has 1 aromatic carbocycles. The minimum atomic E-state index is -0.147. The molecule has 1 heterocycles. The summed E-state index contributed by atoms with van der Waals surface area (Å²) in [6.07, 6.45) is 2.23. The second-order valence-electron chi connectivity index (χ2n) is 5.62. The molecule has 2 nitrogen and oxygen atoms in total. The fourth-order valence-electron chi connectivity index (χ4n) is 2.60. The molecule has 0 bridgehead atoms. The third-order valence-electron chi connectivity index (χ3n) is 3.68. The number of nitrogens with one attached hydrogen (secondary N) is 1. The van der Waals surface area contributed by atoms with Crippen molar-refractivity contribution >= 4 is 15.9 Å². The topological polar surface area (TPSA) is 15.3 Å². The van der Waals surface area contributed by atoms with E-state index >= 15 is 0 Å². The van der Waals surface area contributed by atoms with Gasteiger partial charge in [0.1, 0.15) is 5.82 Å². The van der Waals surface area contributed by atoms with E-state index in [9.17, 15) is 4.39 Å². The van der Waals surface area contributed by atoms with Crippen LogP contribution < -0.4 is 5.32 Å². The van der Waals surface area contributed by atoms with Gasteiger partial charge >= 0.3 is 0 Å². The molecule has 4 heteroatoms. The highest BCUT2D eigenvalue weighted by molar-refractivity contribution is 9.10. The first-order chi connectivity index (χ1) is 9.54. The predicted octanol–water partition coefficient (Wildman–Crippen LogP) is 3.72. The van der Waals surface area contributed by atoms with Crippen LogP contribution in [-0.2, 0) is 6.54 Å². The second kappa shape index (κ2) is 7.34. The van der Waals surface area contributed by atoms with Crippen LogP contribution in [0.25, 0.3) is 0 Å². The Balaban J connectivity index is 1.77. The molecule has 0 radical (unpaired) electrons. The molecule has 0 saturated carbocycles. The summed E-state index contributed by atoms with van der Waals surface area (Å²) in [5, 5.41) is 3.47. The molecule has 1 aliphatic heterocycles. The van der Waals surface area contributed by atoms with Crippen LogP contribution in [0.15, 0.2) is 34.8 Å². The zero-order chi connectivity index (χ0) is 14.5. The molecule has 0 atom stereocenters. The van der Waals surface area contributed by atoms with E-state index in [1.165, 1.54) is 11.6 Å². The monoisotopic (exact) mass is 340 g/mol. The summed E-state index contributed by atoms with van der Waals surface area (Å²) < 4.78 is 14.5. The van der Waals surface area contributed by atoms with E-state index in [0.717, 1.165) is 42.5 Å². The fourth-order valence-corrected chi connectivity index (χ4v) is 2.93. The van der Waals surface area contributed by atoms with Crippen LogP contribution in [0.2, 0.25) is 0 Å². The van der Waals surface area contributed by atoms with Crippen LogP contribution in [0.5, 0.6) is 0 Å². The van der Waals surface area contributed by atoms with Crippen molar-refractivity contribution in [2.75, 3.05) is 19.6 Å². The lowest BCUT2D eigenvalue weighted by Crippen LogP contribution is -2.42. The third kappa shape index (κ3) is 4.69. The van der Waals surface area contributed by atoms with Gasteiger partial charge in [-0.3, -0.25) is 4.90 Å². The SMILES string of the molecule is C=C(C)CN1CCC(NCc2ccc(Br)cc2F)CC1. The van der Waals surface area contributed by atoms with Gasteiger partial charge in [-0.25, -0.2) is 4.39 Å². The van der Waals surface area contributed by atoms with Crippen LogP contribution in [0.4, 0.5) is 4.39 Å². The van der Waals surface area contributed by atoms with Gasteiger partial charge in [-0.15, -0.1) is 0 Å². The molecule has 0 spiro atoms. The molecule has 1 aliphatic rings. The van der Waals surface area contributed by atoms with Gasteiger partial charge in [-0.05, 0) is 45.0 Å². The fraction of sp³-hybridized carbons (Fsp3) is 0.500. The molecule has 1 saturated heterocycles. The summed E-state index contributed by atoms with van der Waals surface area (Å²) >= 11 is 3.28. The zero-order valence-electron chi connectivity index (χ0n) is 12.0. The average Bonchev–Trinajstić information content (AvgIpc) is 2.39. The van der Waals surface area contributed by atoms with Crippen LogP contribution in [0, 0.1) is 5.82 Å². The quantitative estimate of drug-likeness (QED) is 0.822. The van der Waals surface area contributed by atoms with Gasteiger partial charge in [-0.2, -0.15) is 0 Å². The van der Waals surface area contributed by atoms with E-state index in [-0.39, 0.29) is 5.82 Å². The molecular weight excluding hydrogens is 319 g/mol. The lowest BCUT2D eigenvalue weighted by molar-refractivity contribution is 0.211. The van der Waals surface area contributed by atoms with Gasteiger partial charge in [0.05, 0.1) is 0 Å². The Morgan fingerprint density at radius 1 is 1.45 bits per heavy atom. The van der Waals surface area contributed by atoms with Gasteiger partial charge in [0.25, 0.3) is 0 Å². The van der Waals surface area contributed by atoms with E-state index in [2.05, 4.69) is 39.6 Å². The first-order valence-corrected chi connectivity index (χ1v) is 7.88. The average molecular weight is 341 g/mol. The molecule has 0 aliphatic carbocycles. The van der Waals surface area contributed by atoms with Crippen molar-refractivity contribution in [1.82, 2.24) is 10.2 Å². The molecule has 20 heavy (non-hydrogen) atoms. The normalized spacial score (nSPS) is 17.4. The van der Waals surface area contributed by atoms with Crippen molar-refractivity contribution in [3.8, 4) is 0 Å². The maximum Gasteiger partial charge on any atom is 0.128 e. The maximum atomic E-state index is 13.7. The number of halogens is 2. The summed E-state index contributed by atoms with van der Waals surface area (Å²) in [4.78, 5) is 2.43. The molecule has 110 valence electrons. The largest absolute Gasteiger partial charge is 0.310 e. The zero-order valence-corrected chi connectivity index (χ0v) is 13.5. The summed E-state index contributed by atoms with van der Waals surface area (Å²) in [7, 11) is 0.